The number of hydrogen-bond donors (Lipinski definition) is 1. The van der Waals surface area contributed by atoms with Gasteiger partial charge < -0.3 is 15.1 Å². The minimum Gasteiger partial charge on any atom is -0.340 e. The number of carbonyl (C=O) groups is 1. The van der Waals surface area contributed by atoms with Gasteiger partial charge in [0.15, 0.2) is 0 Å². The Balaban J connectivity index is 1.57. The maximum atomic E-state index is 12.2. The van der Waals surface area contributed by atoms with Gasteiger partial charge in [-0.1, -0.05) is 0 Å². The average molecular weight is 209 g/mol. The molecule has 0 spiro atoms. The van der Waals surface area contributed by atoms with Crippen molar-refractivity contribution in [2.24, 2.45) is 17.8 Å². The Morgan fingerprint density at radius 3 is 2.33 bits per heavy atom. The lowest BCUT2D eigenvalue weighted by atomic mass is 10.2. The molecule has 15 heavy (non-hydrogen) atoms. The second-order valence-electron chi connectivity index (χ2n) is 5.14. The highest BCUT2D eigenvalue weighted by Crippen LogP contribution is 2.49. The summed E-state index contributed by atoms with van der Waals surface area (Å²) >= 11 is 0. The van der Waals surface area contributed by atoms with E-state index in [2.05, 4.69) is 22.2 Å². The highest BCUT2D eigenvalue weighted by Gasteiger charge is 2.57. The van der Waals surface area contributed by atoms with Crippen LogP contribution in [0.1, 0.15) is 0 Å². The summed E-state index contributed by atoms with van der Waals surface area (Å²) in [6.07, 6.45) is 0. The number of nitrogens with zero attached hydrogens (tertiary/aromatic N) is 2. The molecule has 1 aliphatic carbocycles. The predicted molar refractivity (Wildman–Crippen MR) is 57.4 cm³/mol. The summed E-state index contributed by atoms with van der Waals surface area (Å²) in [5.41, 5.74) is 0. The van der Waals surface area contributed by atoms with Crippen LogP contribution in [-0.2, 0) is 4.79 Å². The van der Waals surface area contributed by atoms with Crippen molar-refractivity contribution in [1.29, 1.82) is 0 Å². The zero-order valence-electron chi connectivity index (χ0n) is 9.28. The Morgan fingerprint density at radius 2 is 1.73 bits per heavy atom. The first kappa shape index (κ1) is 9.60. The van der Waals surface area contributed by atoms with E-state index >= 15 is 0 Å². The molecule has 0 bridgehead atoms. The average Bonchev–Trinajstić information content (AvgIpc) is 2.72. The number of nitrogens with one attached hydrogen (secondary N) is 1. The third-order valence-corrected chi connectivity index (χ3v) is 4.19. The number of fused-ring (bicyclic) bond motifs is 1. The van der Waals surface area contributed by atoms with Crippen molar-refractivity contribution in [3.05, 3.63) is 0 Å². The van der Waals surface area contributed by atoms with Gasteiger partial charge in [0.25, 0.3) is 0 Å². The second-order valence-corrected chi connectivity index (χ2v) is 5.14. The molecule has 0 aromatic carbocycles. The first-order valence-electron chi connectivity index (χ1n) is 5.95. The first-order valence-corrected chi connectivity index (χ1v) is 5.95. The summed E-state index contributed by atoms with van der Waals surface area (Å²) in [5.74, 6) is 2.13. The topological polar surface area (TPSA) is 35.6 Å². The van der Waals surface area contributed by atoms with Gasteiger partial charge in [-0.15, -0.1) is 0 Å². The van der Waals surface area contributed by atoms with Gasteiger partial charge in [-0.2, -0.15) is 0 Å². The molecule has 2 heterocycles. The third kappa shape index (κ3) is 1.56. The number of carbonyl (C=O) groups excluding carboxylic acids is 1. The molecule has 3 aliphatic rings. The maximum absolute atomic E-state index is 12.2. The van der Waals surface area contributed by atoms with Crippen molar-refractivity contribution in [3.63, 3.8) is 0 Å². The van der Waals surface area contributed by atoms with Crippen molar-refractivity contribution in [1.82, 2.24) is 15.1 Å². The molecule has 2 saturated heterocycles. The fourth-order valence-electron chi connectivity index (χ4n) is 3.02. The Labute approximate surface area is 90.6 Å². The van der Waals surface area contributed by atoms with Crippen LogP contribution in [0.4, 0.5) is 0 Å². The molecular weight excluding hydrogens is 190 g/mol. The number of piperazine rings is 1. The minimum absolute atomic E-state index is 0.370. The fraction of sp³-hybridized carbons (Fsp3) is 0.909. The van der Waals surface area contributed by atoms with Crippen LogP contribution in [0.2, 0.25) is 0 Å². The number of piperidine rings is 1. The van der Waals surface area contributed by atoms with Crippen molar-refractivity contribution in [2.75, 3.05) is 46.3 Å². The Kier molecular flexibility index (Phi) is 2.21. The molecule has 84 valence electrons. The number of amides is 1. The first-order chi connectivity index (χ1) is 7.27. The van der Waals surface area contributed by atoms with Crippen LogP contribution in [-0.4, -0.2) is 62.0 Å². The molecule has 0 radical (unpaired) electrons. The lowest BCUT2D eigenvalue weighted by Crippen LogP contribution is -2.48. The SMILES string of the molecule is CN1CCN(C(=O)C2[C@H]3CNC[C@@H]23)CC1. The maximum Gasteiger partial charge on any atom is 0.226 e. The zero-order chi connectivity index (χ0) is 10.4. The van der Waals surface area contributed by atoms with Crippen LogP contribution >= 0.6 is 0 Å². The van der Waals surface area contributed by atoms with Crippen LogP contribution in [0.5, 0.6) is 0 Å². The van der Waals surface area contributed by atoms with Crippen LogP contribution in [0.15, 0.2) is 0 Å². The van der Waals surface area contributed by atoms with Gasteiger partial charge in [0.05, 0.1) is 0 Å². The van der Waals surface area contributed by atoms with Gasteiger partial charge in [-0.25, -0.2) is 0 Å². The molecule has 4 nitrogen and oxygen atoms in total. The number of hydrogen-bond acceptors (Lipinski definition) is 3. The van der Waals surface area contributed by atoms with E-state index in [9.17, 15) is 4.79 Å². The molecule has 3 rings (SSSR count). The smallest absolute Gasteiger partial charge is 0.226 e. The minimum atomic E-state index is 0.370. The Hall–Kier alpha value is -0.610. The van der Waals surface area contributed by atoms with E-state index in [-0.39, 0.29) is 0 Å². The molecule has 3 atom stereocenters. The van der Waals surface area contributed by atoms with Crippen molar-refractivity contribution >= 4 is 5.91 Å². The van der Waals surface area contributed by atoms with E-state index in [1.165, 1.54) is 0 Å². The van der Waals surface area contributed by atoms with E-state index in [4.69, 9.17) is 0 Å². The van der Waals surface area contributed by atoms with Crippen molar-refractivity contribution in [3.8, 4) is 0 Å². The lowest BCUT2D eigenvalue weighted by Gasteiger charge is -2.32. The molecule has 1 N–H and O–H groups in total. The highest BCUT2D eigenvalue weighted by atomic mass is 16.2. The monoisotopic (exact) mass is 209 g/mol. The highest BCUT2D eigenvalue weighted by molar-refractivity contribution is 5.82. The molecule has 2 aliphatic heterocycles. The largest absolute Gasteiger partial charge is 0.340 e. The van der Waals surface area contributed by atoms with Crippen LogP contribution in [0.25, 0.3) is 0 Å². The molecule has 0 aromatic heterocycles. The van der Waals surface area contributed by atoms with Crippen LogP contribution in [0.3, 0.4) is 0 Å². The molecule has 3 fully saturated rings. The number of likely N-dealkylation sites (N-methyl/N-ethyl adjacent to an activating group) is 1. The molecule has 4 heteroatoms. The Morgan fingerprint density at radius 1 is 1.13 bits per heavy atom. The normalized spacial score (nSPS) is 40.3. The van der Waals surface area contributed by atoms with E-state index < -0.39 is 0 Å². The lowest BCUT2D eigenvalue weighted by molar-refractivity contribution is -0.134. The van der Waals surface area contributed by atoms with Gasteiger partial charge in [0.1, 0.15) is 0 Å². The summed E-state index contributed by atoms with van der Waals surface area (Å²) in [6.45, 7) is 6.05. The number of rotatable bonds is 1. The summed E-state index contributed by atoms with van der Waals surface area (Å²) in [6, 6.07) is 0. The Bertz CT molecular complexity index is 263. The summed E-state index contributed by atoms with van der Waals surface area (Å²) in [4.78, 5) is 16.5. The van der Waals surface area contributed by atoms with E-state index in [0.717, 1.165) is 39.3 Å². The van der Waals surface area contributed by atoms with Gasteiger partial charge >= 0.3 is 0 Å². The standard InChI is InChI=1S/C11H19N3O/c1-13-2-4-14(5-3-13)11(15)10-8-6-12-7-9(8)10/h8-10,12H,2-7H2,1H3/t8-,9+,10?. The fourth-order valence-corrected chi connectivity index (χ4v) is 3.02. The van der Waals surface area contributed by atoms with Crippen LogP contribution < -0.4 is 5.32 Å². The second kappa shape index (κ2) is 3.46. The van der Waals surface area contributed by atoms with Crippen LogP contribution in [0, 0.1) is 17.8 Å². The van der Waals surface area contributed by atoms with E-state index in [0.29, 0.717) is 23.7 Å². The van der Waals surface area contributed by atoms with Crippen molar-refractivity contribution in [2.45, 2.75) is 0 Å². The quantitative estimate of drug-likeness (QED) is 0.616. The molecular formula is C11H19N3O. The summed E-state index contributed by atoms with van der Waals surface area (Å²) in [5, 5.41) is 3.34. The predicted octanol–water partition coefficient (Wildman–Crippen LogP) is -0.774. The van der Waals surface area contributed by atoms with E-state index in [1.807, 2.05) is 0 Å². The third-order valence-electron chi connectivity index (χ3n) is 4.19. The molecule has 0 aromatic rings. The summed E-state index contributed by atoms with van der Waals surface area (Å²) < 4.78 is 0. The van der Waals surface area contributed by atoms with Crippen molar-refractivity contribution < 1.29 is 4.79 Å². The van der Waals surface area contributed by atoms with Gasteiger partial charge in [0.2, 0.25) is 5.91 Å². The van der Waals surface area contributed by atoms with E-state index in [1.54, 1.807) is 0 Å². The molecule has 1 unspecified atom stereocenters. The summed E-state index contributed by atoms with van der Waals surface area (Å²) in [7, 11) is 2.12. The van der Waals surface area contributed by atoms with Gasteiger partial charge in [-0.05, 0) is 32.0 Å². The zero-order valence-corrected chi connectivity index (χ0v) is 9.28. The molecule has 1 amide bonds. The van der Waals surface area contributed by atoms with Gasteiger partial charge in [0, 0.05) is 32.1 Å². The molecule has 1 saturated carbocycles. The van der Waals surface area contributed by atoms with Gasteiger partial charge in [-0.3, -0.25) is 4.79 Å².